The lowest BCUT2D eigenvalue weighted by Crippen LogP contribution is -2.40. The fourth-order valence-corrected chi connectivity index (χ4v) is 3.50. The number of hydrogen-bond acceptors (Lipinski definition) is 4. The molecule has 2 aromatic carbocycles. The van der Waals surface area contributed by atoms with Crippen LogP contribution in [0.25, 0.3) is 5.69 Å². The van der Waals surface area contributed by atoms with Gasteiger partial charge in [0.05, 0.1) is 30.6 Å². The highest BCUT2D eigenvalue weighted by atomic mass is 16.5. The molecular formula is C24H28N4O3. The van der Waals surface area contributed by atoms with Crippen LogP contribution < -0.4 is 14.8 Å². The Kier molecular flexibility index (Phi) is 6.11. The number of nitrogens with zero attached hydrogens (tertiary/aromatic N) is 3. The van der Waals surface area contributed by atoms with Crippen molar-refractivity contribution in [2.45, 2.75) is 39.3 Å². The van der Waals surface area contributed by atoms with E-state index in [2.05, 4.69) is 5.32 Å². The SMILES string of the molecule is CCNC(=O)N(Cc1c(C)nn(-c2ccccc2)c1Oc1ccc(OC)cc1)C1CC1. The summed E-state index contributed by atoms with van der Waals surface area (Å²) < 4.78 is 13.4. The summed E-state index contributed by atoms with van der Waals surface area (Å²) in [5.74, 6) is 2.05. The lowest BCUT2D eigenvalue weighted by molar-refractivity contribution is 0.192. The van der Waals surface area contributed by atoms with Gasteiger partial charge in [0.25, 0.3) is 0 Å². The van der Waals surface area contributed by atoms with Crippen LogP contribution in [0.15, 0.2) is 54.6 Å². The van der Waals surface area contributed by atoms with Crippen molar-refractivity contribution in [1.29, 1.82) is 0 Å². The van der Waals surface area contributed by atoms with E-state index in [1.165, 1.54) is 0 Å². The minimum atomic E-state index is -0.0488. The number of amides is 2. The summed E-state index contributed by atoms with van der Waals surface area (Å²) in [7, 11) is 1.63. The summed E-state index contributed by atoms with van der Waals surface area (Å²) >= 11 is 0. The summed E-state index contributed by atoms with van der Waals surface area (Å²) in [6.45, 7) is 4.93. The van der Waals surface area contributed by atoms with Gasteiger partial charge in [-0.1, -0.05) is 18.2 Å². The minimum absolute atomic E-state index is 0.0488. The maximum atomic E-state index is 12.7. The number of nitrogens with one attached hydrogen (secondary N) is 1. The van der Waals surface area contributed by atoms with Gasteiger partial charge in [0.1, 0.15) is 11.5 Å². The fraction of sp³-hybridized carbons (Fsp3) is 0.333. The van der Waals surface area contributed by atoms with E-state index in [9.17, 15) is 4.79 Å². The van der Waals surface area contributed by atoms with Gasteiger partial charge >= 0.3 is 6.03 Å². The molecule has 3 aromatic rings. The maximum absolute atomic E-state index is 12.7. The number of ether oxygens (including phenoxy) is 2. The number of carbonyl (C=O) groups excluding carboxylic acids is 1. The van der Waals surface area contributed by atoms with Crippen molar-refractivity contribution in [2.75, 3.05) is 13.7 Å². The Morgan fingerprint density at radius 1 is 1.13 bits per heavy atom. The highest BCUT2D eigenvalue weighted by Gasteiger charge is 2.34. The highest BCUT2D eigenvalue weighted by Crippen LogP contribution is 2.35. The van der Waals surface area contributed by atoms with E-state index >= 15 is 0 Å². The topological polar surface area (TPSA) is 68.6 Å². The van der Waals surface area contributed by atoms with Crippen molar-refractivity contribution in [2.24, 2.45) is 0 Å². The Morgan fingerprint density at radius 3 is 2.42 bits per heavy atom. The molecule has 1 aromatic heterocycles. The number of urea groups is 1. The molecule has 0 spiro atoms. The van der Waals surface area contributed by atoms with Gasteiger partial charge in [0.15, 0.2) is 0 Å². The molecule has 4 rings (SSSR count). The zero-order valence-corrected chi connectivity index (χ0v) is 18.2. The predicted octanol–water partition coefficient (Wildman–Crippen LogP) is 4.68. The van der Waals surface area contributed by atoms with E-state index in [0.717, 1.165) is 35.5 Å². The molecule has 7 nitrogen and oxygen atoms in total. The van der Waals surface area contributed by atoms with Crippen molar-refractivity contribution >= 4 is 6.03 Å². The molecule has 0 radical (unpaired) electrons. The quantitative estimate of drug-likeness (QED) is 0.575. The number of aromatic nitrogens is 2. The Hall–Kier alpha value is -3.48. The second kappa shape index (κ2) is 9.12. The molecule has 1 fully saturated rings. The number of hydrogen-bond donors (Lipinski definition) is 1. The van der Waals surface area contributed by atoms with Gasteiger partial charge in [-0.05, 0) is 63.1 Å². The first-order chi connectivity index (χ1) is 15.1. The fourth-order valence-electron chi connectivity index (χ4n) is 3.50. The van der Waals surface area contributed by atoms with Crippen LogP contribution in [-0.2, 0) is 6.54 Å². The molecule has 1 saturated carbocycles. The minimum Gasteiger partial charge on any atom is -0.497 e. The van der Waals surface area contributed by atoms with Crippen molar-refractivity contribution in [3.63, 3.8) is 0 Å². The molecule has 1 heterocycles. The smallest absolute Gasteiger partial charge is 0.317 e. The van der Waals surface area contributed by atoms with E-state index in [1.54, 1.807) is 11.8 Å². The molecule has 162 valence electrons. The first-order valence-electron chi connectivity index (χ1n) is 10.6. The van der Waals surface area contributed by atoms with Crippen molar-refractivity contribution in [1.82, 2.24) is 20.0 Å². The number of benzene rings is 2. The van der Waals surface area contributed by atoms with E-state index in [4.69, 9.17) is 14.6 Å². The molecule has 1 aliphatic rings. The molecule has 0 saturated heterocycles. The summed E-state index contributed by atoms with van der Waals surface area (Å²) in [4.78, 5) is 14.6. The van der Waals surface area contributed by atoms with Gasteiger partial charge in [0, 0.05) is 12.6 Å². The largest absolute Gasteiger partial charge is 0.497 e. The molecule has 0 unspecified atom stereocenters. The van der Waals surface area contributed by atoms with Crippen LogP contribution >= 0.6 is 0 Å². The van der Waals surface area contributed by atoms with E-state index in [-0.39, 0.29) is 12.1 Å². The summed E-state index contributed by atoms with van der Waals surface area (Å²) in [5.41, 5.74) is 2.64. The standard InChI is InChI=1S/C24H28N4O3/c1-4-25-24(29)27(18-10-11-18)16-22-17(2)26-28(19-8-6-5-7-9-19)23(22)31-21-14-12-20(30-3)13-15-21/h5-9,12-15,18H,4,10-11,16H2,1-3H3,(H,25,29). The lowest BCUT2D eigenvalue weighted by Gasteiger charge is -2.23. The molecule has 2 amide bonds. The molecule has 1 N–H and O–H groups in total. The average molecular weight is 421 g/mol. The van der Waals surface area contributed by atoms with E-state index in [0.29, 0.717) is 24.7 Å². The number of aryl methyl sites for hydroxylation is 1. The molecule has 7 heteroatoms. The van der Waals surface area contributed by atoms with Crippen LogP contribution in [0, 0.1) is 6.92 Å². The zero-order chi connectivity index (χ0) is 21.8. The summed E-state index contributed by atoms with van der Waals surface area (Å²) in [5, 5.41) is 7.69. The zero-order valence-electron chi connectivity index (χ0n) is 18.2. The third kappa shape index (κ3) is 4.66. The molecule has 1 aliphatic carbocycles. The van der Waals surface area contributed by atoms with Crippen molar-refractivity contribution < 1.29 is 14.3 Å². The van der Waals surface area contributed by atoms with Crippen LogP contribution in [0.3, 0.4) is 0 Å². The van der Waals surface area contributed by atoms with Crippen LogP contribution in [0.2, 0.25) is 0 Å². The lowest BCUT2D eigenvalue weighted by atomic mass is 10.2. The first-order valence-corrected chi connectivity index (χ1v) is 10.6. The van der Waals surface area contributed by atoms with E-state index in [1.807, 2.05) is 73.3 Å². The van der Waals surface area contributed by atoms with Crippen LogP contribution in [0.1, 0.15) is 31.0 Å². The molecule has 31 heavy (non-hydrogen) atoms. The van der Waals surface area contributed by atoms with E-state index < -0.39 is 0 Å². The Bertz CT molecular complexity index is 1030. The van der Waals surface area contributed by atoms with Gasteiger partial charge in [0.2, 0.25) is 5.88 Å². The number of carbonyl (C=O) groups is 1. The number of methoxy groups -OCH3 is 1. The number of rotatable bonds is 8. The molecular weight excluding hydrogens is 392 g/mol. The Morgan fingerprint density at radius 2 is 1.81 bits per heavy atom. The van der Waals surface area contributed by atoms with Crippen LogP contribution in [0.5, 0.6) is 17.4 Å². The third-order valence-corrected chi connectivity index (χ3v) is 5.32. The monoisotopic (exact) mass is 420 g/mol. The third-order valence-electron chi connectivity index (χ3n) is 5.32. The van der Waals surface area contributed by atoms with Crippen LogP contribution in [-0.4, -0.2) is 40.4 Å². The summed E-state index contributed by atoms with van der Waals surface area (Å²) in [6.07, 6.45) is 2.05. The maximum Gasteiger partial charge on any atom is 0.317 e. The normalized spacial score (nSPS) is 13.0. The summed E-state index contributed by atoms with van der Waals surface area (Å²) in [6, 6.07) is 17.5. The molecule has 0 aliphatic heterocycles. The second-order valence-electron chi connectivity index (χ2n) is 7.59. The average Bonchev–Trinajstić information content (AvgIpc) is 3.58. The highest BCUT2D eigenvalue weighted by molar-refractivity contribution is 5.75. The van der Waals surface area contributed by atoms with Gasteiger partial charge in [-0.15, -0.1) is 0 Å². The van der Waals surface area contributed by atoms with Gasteiger partial charge in [-0.3, -0.25) is 0 Å². The second-order valence-corrected chi connectivity index (χ2v) is 7.59. The number of para-hydroxylation sites is 1. The van der Waals surface area contributed by atoms with Crippen molar-refractivity contribution in [3.05, 3.63) is 65.9 Å². The predicted molar refractivity (Wildman–Crippen MR) is 119 cm³/mol. The van der Waals surface area contributed by atoms with Gasteiger partial charge in [-0.25, -0.2) is 9.48 Å². The molecule has 0 bridgehead atoms. The van der Waals surface area contributed by atoms with Gasteiger partial charge < -0.3 is 19.7 Å². The Labute approximate surface area is 182 Å². The van der Waals surface area contributed by atoms with Gasteiger partial charge in [-0.2, -0.15) is 5.10 Å². The van der Waals surface area contributed by atoms with Crippen LogP contribution in [0.4, 0.5) is 4.79 Å². The Balaban J connectivity index is 1.72. The molecule has 0 atom stereocenters. The first kappa shape index (κ1) is 20.8. The van der Waals surface area contributed by atoms with Crippen molar-refractivity contribution in [3.8, 4) is 23.1 Å².